The highest BCUT2D eigenvalue weighted by molar-refractivity contribution is 7.90. The van der Waals surface area contributed by atoms with Crippen LogP contribution in [0.25, 0.3) is 0 Å². The summed E-state index contributed by atoms with van der Waals surface area (Å²) in [4.78, 5) is 8.69. The Morgan fingerprint density at radius 3 is 2.00 bits per heavy atom. The van der Waals surface area contributed by atoms with Crippen LogP contribution in [0.3, 0.4) is 0 Å². The van der Waals surface area contributed by atoms with Crippen molar-refractivity contribution < 1.29 is 17.8 Å². The van der Waals surface area contributed by atoms with E-state index in [1.807, 2.05) is 0 Å². The van der Waals surface area contributed by atoms with Gasteiger partial charge < -0.3 is 0 Å². The Hall–Kier alpha value is -0.680. The first kappa shape index (κ1) is 7.32. The zero-order valence-electron chi connectivity index (χ0n) is 3.86. The Morgan fingerprint density at radius 1 is 1.62 bits per heavy atom. The summed E-state index contributed by atoms with van der Waals surface area (Å²) in [7, 11) is -4.32. The van der Waals surface area contributed by atoms with Gasteiger partial charge in [-0.2, -0.15) is 8.42 Å². The van der Waals surface area contributed by atoms with Gasteiger partial charge in [-0.1, -0.05) is 6.58 Å². The van der Waals surface area contributed by atoms with E-state index >= 15 is 0 Å². The highest BCUT2D eigenvalue weighted by atomic mass is 32.2. The summed E-state index contributed by atoms with van der Waals surface area (Å²) in [5.74, 6) is 0. The number of allylic oxidation sites excluding steroid dienone is 1. The van der Waals surface area contributed by atoms with Crippen LogP contribution in [-0.4, -0.2) is 19.3 Å². The molecule has 4 nitrogen and oxygen atoms in total. The average Bonchev–Trinajstić information content (AvgIpc) is 1.62. The molecule has 5 heteroatoms. The molecule has 0 aliphatic rings. The Morgan fingerprint density at radius 2 is 2.00 bits per heavy atom. The molecule has 0 heterocycles. The first-order valence-electron chi connectivity index (χ1n) is 1.60. The van der Waals surface area contributed by atoms with Crippen molar-refractivity contribution in [3.05, 3.63) is 11.5 Å². The second kappa shape index (κ2) is 2.06. The molecular formula is C3H4O4S. The molecule has 46 valence electrons. The van der Waals surface area contributed by atoms with Crippen LogP contribution >= 0.6 is 0 Å². The lowest BCUT2D eigenvalue weighted by molar-refractivity contribution is -0.104. The number of hydrogen-bond acceptors (Lipinski definition) is 3. The minimum Gasteiger partial charge on any atom is -0.297 e. The van der Waals surface area contributed by atoms with Gasteiger partial charge in [-0.3, -0.25) is 9.35 Å². The molecule has 0 aliphatic carbocycles. The summed E-state index contributed by atoms with van der Waals surface area (Å²) in [5, 5.41) is 0. The predicted molar refractivity (Wildman–Crippen MR) is 26.8 cm³/mol. The van der Waals surface area contributed by atoms with E-state index in [1.54, 1.807) is 0 Å². The summed E-state index contributed by atoms with van der Waals surface area (Å²) in [6, 6.07) is 0. The largest absolute Gasteiger partial charge is 0.297 e. The molecule has 0 saturated carbocycles. The summed E-state index contributed by atoms with van der Waals surface area (Å²) in [6.07, 6.45) is -0.0324. The van der Waals surface area contributed by atoms with Gasteiger partial charge in [0, 0.05) is 0 Å². The topological polar surface area (TPSA) is 71.4 Å². The zero-order valence-corrected chi connectivity index (χ0v) is 4.68. The molecular weight excluding hydrogens is 132 g/mol. The van der Waals surface area contributed by atoms with Crippen LogP contribution in [0, 0.1) is 0 Å². The number of carbonyl (C=O) groups is 1. The third-order valence-electron chi connectivity index (χ3n) is 0.463. The molecule has 0 aromatic carbocycles. The molecule has 8 heavy (non-hydrogen) atoms. The summed E-state index contributed by atoms with van der Waals surface area (Å²) < 4.78 is 27.5. The van der Waals surface area contributed by atoms with Gasteiger partial charge in [-0.05, 0) is 0 Å². The van der Waals surface area contributed by atoms with E-state index in [0.29, 0.717) is 0 Å². The van der Waals surface area contributed by atoms with E-state index in [2.05, 4.69) is 6.58 Å². The van der Waals surface area contributed by atoms with Crippen LogP contribution in [-0.2, 0) is 14.9 Å². The first-order valence-corrected chi connectivity index (χ1v) is 3.04. The molecule has 0 aromatic heterocycles. The van der Waals surface area contributed by atoms with E-state index in [4.69, 9.17) is 4.55 Å². The quantitative estimate of drug-likeness (QED) is 0.318. The highest BCUT2D eigenvalue weighted by Gasteiger charge is 2.07. The van der Waals surface area contributed by atoms with Gasteiger partial charge in [0.15, 0.2) is 6.29 Å². The van der Waals surface area contributed by atoms with Crippen LogP contribution in [0.15, 0.2) is 11.5 Å². The molecule has 0 bridgehead atoms. The molecule has 0 aliphatic heterocycles. The van der Waals surface area contributed by atoms with Gasteiger partial charge in [0.2, 0.25) is 0 Å². The van der Waals surface area contributed by atoms with Crippen LogP contribution in [0.1, 0.15) is 0 Å². The van der Waals surface area contributed by atoms with Crippen molar-refractivity contribution in [2.75, 3.05) is 0 Å². The molecule has 0 atom stereocenters. The zero-order chi connectivity index (χ0) is 6.78. The van der Waals surface area contributed by atoms with Crippen molar-refractivity contribution in [3.8, 4) is 0 Å². The molecule has 0 spiro atoms. The monoisotopic (exact) mass is 136 g/mol. The average molecular weight is 136 g/mol. The SMILES string of the molecule is C=C(C=O)S(=O)(=O)O. The normalized spacial score (nSPS) is 10.6. The standard InChI is InChI=1S/C3H4O4S/c1-3(2-4)8(5,6)7/h2H,1H2,(H,5,6,7). The predicted octanol–water partition coefficient (Wildman–Crippen LogP) is -0.413. The molecule has 1 N–H and O–H groups in total. The van der Waals surface area contributed by atoms with Crippen molar-refractivity contribution in [3.63, 3.8) is 0 Å². The fraction of sp³-hybridized carbons (Fsp3) is 0. The van der Waals surface area contributed by atoms with Crippen molar-refractivity contribution >= 4 is 16.4 Å². The van der Waals surface area contributed by atoms with Crippen molar-refractivity contribution in [2.45, 2.75) is 0 Å². The van der Waals surface area contributed by atoms with Crippen LogP contribution in [0.4, 0.5) is 0 Å². The Kier molecular flexibility index (Phi) is 1.88. The lowest BCUT2D eigenvalue weighted by atomic mass is 10.7. The maximum atomic E-state index is 9.79. The van der Waals surface area contributed by atoms with Crippen LogP contribution in [0.2, 0.25) is 0 Å². The number of rotatable bonds is 2. The van der Waals surface area contributed by atoms with Gasteiger partial charge in [0.05, 0.1) is 0 Å². The molecule has 0 unspecified atom stereocenters. The van der Waals surface area contributed by atoms with E-state index in [0.717, 1.165) is 0 Å². The maximum Gasteiger partial charge on any atom is 0.297 e. The number of aldehydes is 1. The van der Waals surface area contributed by atoms with Crippen molar-refractivity contribution in [1.29, 1.82) is 0 Å². The van der Waals surface area contributed by atoms with E-state index in [1.165, 1.54) is 0 Å². The fourth-order valence-electron chi connectivity index (χ4n) is 0.0608. The lowest BCUT2D eigenvalue weighted by Crippen LogP contribution is -2.00. The second-order valence-corrected chi connectivity index (χ2v) is 2.53. The van der Waals surface area contributed by atoms with Crippen LogP contribution in [0.5, 0.6) is 0 Å². The van der Waals surface area contributed by atoms with Gasteiger partial charge in [-0.25, -0.2) is 0 Å². The minimum absolute atomic E-state index is 0.0324. The van der Waals surface area contributed by atoms with Crippen molar-refractivity contribution in [1.82, 2.24) is 0 Å². The third-order valence-corrected chi connectivity index (χ3v) is 1.22. The van der Waals surface area contributed by atoms with Crippen LogP contribution < -0.4 is 0 Å². The Labute approximate surface area is 46.6 Å². The molecule has 0 aromatic rings. The fourth-order valence-corrected chi connectivity index (χ4v) is 0.182. The molecule has 0 saturated heterocycles. The second-order valence-electron chi connectivity index (χ2n) is 1.06. The molecule has 0 fully saturated rings. The van der Waals surface area contributed by atoms with E-state index in [9.17, 15) is 13.2 Å². The molecule has 0 rings (SSSR count). The van der Waals surface area contributed by atoms with Gasteiger partial charge in [0.1, 0.15) is 4.91 Å². The van der Waals surface area contributed by atoms with Gasteiger partial charge in [-0.15, -0.1) is 0 Å². The first-order chi connectivity index (χ1) is 3.48. The van der Waals surface area contributed by atoms with Gasteiger partial charge >= 0.3 is 0 Å². The summed E-state index contributed by atoms with van der Waals surface area (Å²) >= 11 is 0. The third kappa shape index (κ3) is 1.85. The smallest absolute Gasteiger partial charge is 0.297 e. The molecule has 0 radical (unpaired) electrons. The summed E-state index contributed by atoms with van der Waals surface area (Å²) in [6.45, 7) is 2.74. The number of carbonyl (C=O) groups excluding carboxylic acids is 1. The minimum atomic E-state index is -4.32. The van der Waals surface area contributed by atoms with Crippen molar-refractivity contribution in [2.24, 2.45) is 0 Å². The van der Waals surface area contributed by atoms with E-state index < -0.39 is 15.0 Å². The van der Waals surface area contributed by atoms with E-state index in [-0.39, 0.29) is 6.29 Å². The highest BCUT2D eigenvalue weighted by Crippen LogP contribution is 1.92. The summed E-state index contributed by atoms with van der Waals surface area (Å²) in [5.41, 5.74) is 0. The lowest BCUT2D eigenvalue weighted by Gasteiger charge is -1.85. The number of hydrogen-bond donors (Lipinski definition) is 1. The van der Waals surface area contributed by atoms with Gasteiger partial charge in [0.25, 0.3) is 10.1 Å². The maximum absolute atomic E-state index is 9.79. The Bertz CT molecular complexity index is 199. The Balaban J connectivity index is 4.53. The molecule has 0 amide bonds.